The van der Waals surface area contributed by atoms with Crippen LogP contribution in [0.1, 0.15) is 19.3 Å². The third kappa shape index (κ3) is 5.61. The summed E-state index contributed by atoms with van der Waals surface area (Å²) >= 11 is 0. The molecule has 0 radical (unpaired) electrons. The van der Waals surface area contributed by atoms with Crippen LogP contribution in [-0.2, 0) is 14.8 Å². The number of hydrogen-bond acceptors (Lipinski definition) is 4. The molecule has 0 aliphatic carbocycles. The molecule has 0 aromatic carbocycles. The highest BCUT2D eigenvalue weighted by Crippen LogP contribution is 2.18. The van der Waals surface area contributed by atoms with E-state index in [1.165, 1.54) is 6.26 Å². The molecule has 0 aromatic rings. The van der Waals surface area contributed by atoms with Gasteiger partial charge in [-0.3, -0.25) is 4.99 Å². The van der Waals surface area contributed by atoms with Crippen molar-refractivity contribution >= 4 is 16.0 Å². The molecule has 2 aliphatic heterocycles. The van der Waals surface area contributed by atoms with Crippen molar-refractivity contribution in [1.29, 1.82) is 0 Å². The van der Waals surface area contributed by atoms with Crippen LogP contribution in [0, 0.1) is 11.8 Å². The van der Waals surface area contributed by atoms with Crippen molar-refractivity contribution in [2.75, 3.05) is 59.7 Å². The van der Waals surface area contributed by atoms with Gasteiger partial charge < -0.3 is 15.0 Å². The number of rotatable bonds is 5. The largest absolute Gasteiger partial charge is 0.381 e. The van der Waals surface area contributed by atoms with Gasteiger partial charge in [0.2, 0.25) is 10.0 Å². The molecular formula is C15H30N4O3S. The van der Waals surface area contributed by atoms with E-state index in [4.69, 9.17) is 4.74 Å². The maximum atomic E-state index is 11.5. The van der Waals surface area contributed by atoms with Gasteiger partial charge in [0.25, 0.3) is 0 Å². The van der Waals surface area contributed by atoms with Crippen LogP contribution in [0.5, 0.6) is 0 Å². The molecule has 0 bridgehead atoms. The van der Waals surface area contributed by atoms with E-state index < -0.39 is 10.0 Å². The maximum absolute atomic E-state index is 11.5. The van der Waals surface area contributed by atoms with Crippen LogP contribution in [0.3, 0.4) is 0 Å². The quantitative estimate of drug-likeness (QED) is 0.569. The van der Waals surface area contributed by atoms with Gasteiger partial charge >= 0.3 is 0 Å². The van der Waals surface area contributed by atoms with Crippen LogP contribution in [-0.4, -0.2) is 83.3 Å². The number of piperidine rings is 1. The molecule has 0 spiro atoms. The summed E-state index contributed by atoms with van der Waals surface area (Å²) in [5.74, 6) is 1.98. The van der Waals surface area contributed by atoms with Crippen LogP contribution in [0.25, 0.3) is 0 Å². The molecule has 2 aliphatic rings. The zero-order chi connectivity index (χ0) is 16.9. The smallest absolute Gasteiger partial charge is 0.211 e. The first-order chi connectivity index (χ1) is 10.9. The molecule has 7 nitrogen and oxygen atoms in total. The minimum atomic E-state index is -3.04. The summed E-state index contributed by atoms with van der Waals surface area (Å²) in [6.45, 7) is 4.74. The van der Waals surface area contributed by atoms with Crippen LogP contribution >= 0.6 is 0 Å². The van der Waals surface area contributed by atoms with E-state index in [1.54, 1.807) is 11.4 Å². The average Bonchev–Trinajstić information content (AvgIpc) is 3.00. The van der Waals surface area contributed by atoms with Gasteiger partial charge in [0, 0.05) is 52.8 Å². The topological polar surface area (TPSA) is 74.2 Å². The Bertz CT molecular complexity index is 495. The van der Waals surface area contributed by atoms with Crippen molar-refractivity contribution in [2.45, 2.75) is 19.3 Å². The first kappa shape index (κ1) is 18.5. The summed E-state index contributed by atoms with van der Waals surface area (Å²) in [5.41, 5.74) is 0. The predicted octanol–water partition coefficient (Wildman–Crippen LogP) is 0.202. The molecular weight excluding hydrogens is 316 g/mol. The van der Waals surface area contributed by atoms with Gasteiger partial charge in [-0.2, -0.15) is 0 Å². The van der Waals surface area contributed by atoms with Crippen molar-refractivity contribution in [3.8, 4) is 0 Å². The monoisotopic (exact) mass is 346 g/mol. The molecule has 1 atom stereocenters. The molecule has 134 valence electrons. The number of aliphatic imine (C=N–C) groups is 1. The van der Waals surface area contributed by atoms with Crippen molar-refractivity contribution in [2.24, 2.45) is 16.8 Å². The van der Waals surface area contributed by atoms with E-state index in [0.29, 0.717) is 24.9 Å². The predicted molar refractivity (Wildman–Crippen MR) is 92.1 cm³/mol. The Kier molecular flexibility index (Phi) is 6.67. The third-order valence-corrected chi connectivity index (χ3v) is 6.02. The number of guanidine groups is 1. The molecule has 23 heavy (non-hydrogen) atoms. The van der Waals surface area contributed by atoms with Crippen LogP contribution < -0.4 is 5.32 Å². The highest BCUT2D eigenvalue weighted by atomic mass is 32.2. The molecule has 1 N–H and O–H groups in total. The fourth-order valence-electron chi connectivity index (χ4n) is 3.27. The lowest BCUT2D eigenvalue weighted by atomic mass is 9.98. The SMILES string of the molecule is CN=C(NCC1CCN(S(C)(=O)=O)CC1)N(C)CC1CCOC1. The fourth-order valence-corrected chi connectivity index (χ4v) is 4.14. The second kappa shape index (κ2) is 8.30. The highest BCUT2D eigenvalue weighted by Gasteiger charge is 2.25. The Morgan fingerprint density at radius 3 is 2.52 bits per heavy atom. The molecule has 2 rings (SSSR count). The zero-order valence-corrected chi connectivity index (χ0v) is 15.3. The lowest BCUT2D eigenvalue weighted by molar-refractivity contribution is 0.181. The highest BCUT2D eigenvalue weighted by molar-refractivity contribution is 7.88. The van der Waals surface area contributed by atoms with Crippen molar-refractivity contribution < 1.29 is 13.2 Å². The molecule has 1 unspecified atom stereocenters. The lowest BCUT2D eigenvalue weighted by Gasteiger charge is -2.31. The number of nitrogens with zero attached hydrogens (tertiary/aromatic N) is 3. The van der Waals surface area contributed by atoms with E-state index >= 15 is 0 Å². The van der Waals surface area contributed by atoms with Gasteiger partial charge in [-0.05, 0) is 25.2 Å². The fraction of sp³-hybridized carbons (Fsp3) is 0.933. The first-order valence-corrected chi connectivity index (χ1v) is 10.2. The van der Waals surface area contributed by atoms with E-state index in [9.17, 15) is 8.42 Å². The molecule has 0 amide bonds. The Hall–Kier alpha value is -0.860. The lowest BCUT2D eigenvalue weighted by Crippen LogP contribution is -2.45. The molecule has 0 saturated carbocycles. The van der Waals surface area contributed by atoms with Gasteiger partial charge in [0.15, 0.2) is 5.96 Å². The molecule has 2 heterocycles. The van der Waals surface area contributed by atoms with Gasteiger partial charge in [0.1, 0.15) is 0 Å². The van der Waals surface area contributed by atoms with Gasteiger partial charge in [-0.15, -0.1) is 0 Å². The summed E-state index contributed by atoms with van der Waals surface area (Å²) in [5, 5.41) is 3.43. The zero-order valence-electron chi connectivity index (χ0n) is 14.5. The number of nitrogens with one attached hydrogen (secondary N) is 1. The van der Waals surface area contributed by atoms with Crippen molar-refractivity contribution in [3.63, 3.8) is 0 Å². The Morgan fingerprint density at radius 1 is 1.30 bits per heavy atom. The average molecular weight is 346 g/mol. The van der Waals surface area contributed by atoms with E-state index in [0.717, 1.165) is 51.5 Å². The summed E-state index contributed by atoms with van der Waals surface area (Å²) in [6, 6.07) is 0. The summed E-state index contributed by atoms with van der Waals surface area (Å²) < 4.78 is 30.1. The molecule has 0 aromatic heterocycles. The van der Waals surface area contributed by atoms with Crippen molar-refractivity contribution in [3.05, 3.63) is 0 Å². The van der Waals surface area contributed by atoms with Gasteiger partial charge in [-0.25, -0.2) is 12.7 Å². The Balaban J connectivity index is 1.73. The van der Waals surface area contributed by atoms with Crippen LogP contribution in [0.4, 0.5) is 0 Å². The van der Waals surface area contributed by atoms with Gasteiger partial charge in [-0.1, -0.05) is 0 Å². The maximum Gasteiger partial charge on any atom is 0.211 e. The molecule has 2 fully saturated rings. The molecule has 8 heteroatoms. The summed E-state index contributed by atoms with van der Waals surface area (Å²) in [7, 11) is 0.814. The minimum Gasteiger partial charge on any atom is -0.381 e. The third-order valence-electron chi connectivity index (χ3n) is 4.72. The Morgan fingerprint density at radius 2 is 2.00 bits per heavy atom. The minimum absolute atomic E-state index is 0.493. The summed E-state index contributed by atoms with van der Waals surface area (Å²) in [6.07, 6.45) is 4.20. The van der Waals surface area contributed by atoms with Crippen LogP contribution in [0.2, 0.25) is 0 Å². The molecule has 2 saturated heterocycles. The van der Waals surface area contributed by atoms with E-state index in [1.807, 2.05) is 0 Å². The Labute approximate surface area is 140 Å². The number of hydrogen-bond donors (Lipinski definition) is 1. The normalized spacial score (nSPS) is 24.8. The van der Waals surface area contributed by atoms with Crippen molar-refractivity contribution in [1.82, 2.24) is 14.5 Å². The standard InChI is InChI=1S/C15H30N4O3S/c1-16-15(18(2)11-14-6-9-22-12-14)17-10-13-4-7-19(8-5-13)23(3,20)21/h13-14H,4-12H2,1-3H3,(H,16,17). The second-order valence-corrected chi connectivity index (χ2v) is 8.63. The first-order valence-electron chi connectivity index (χ1n) is 8.34. The van der Waals surface area contributed by atoms with E-state index in [2.05, 4.69) is 22.3 Å². The summed E-state index contributed by atoms with van der Waals surface area (Å²) in [4.78, 5) is 6.51. The number of sulfonamides is 1. The van der Waals surface area contributed by atoms with Gasteiger partial charge in [0.05, 0.1) is 12.9 Å². The second-order valence-electron chi connectivity index (χ2n) is 6.64. The van der Waals surface area contributed by atoms with Crippen LogP contribution in [0.15, 0.2) is 4.99 Å². The van der Waals surface area contributed by atoms with E-state index in [-0.39, 0.29) is 0 Å². The number of ether oxygens (including phenoxy) is 1.